The molecule has 10 nitrogen and oxygen atoms in total. The third kappa shape index (κ3) is 6.51. The van der Waals surface area contributed by atoms with Gasteiger partial charge in [-0.15, -0.1) is 0 Å². The molecule has 0 aliphatic carbocycles. The minimum Gasteiger partial charge on any atom is -0.444 e. The minimum absolute atomic E-state index is 0.355. The predicted molar refractivity (Wildman–Crippen MR) is 157 cm³/mol. The molecule has 38 heavy (non-hydrogen) atoms. The lowest BCUT2D eigenvalue weighted by atomic mass is 10.1. The number of nitrogens with zero attached hydrogens (tertiary/aromatic N) is 7. The molecule has 0 unspecified atom stereocenters. The Kier molecular flexibility index (Phi) is 8.54. The number of aromatic nitrogens is 3. The van der Waals surface area contributed by atoms with Gasteiger partial charge in [0.25, 0.3) is 0 Å². The van der Waals surface area contributed by atoms with Gasteiger partial charge in [-0.25, -0.2) is 4.98 Å². The van der Waals surface area contributed by atoms with E-state index in [-0.39, 0.29) is 0 Å². The van der Waals surface area contributed by atoms with Gasteiger partial charge in [-0.05, 0) is 69.2 Å². The second-order valence-electron chi connectivity index (χ2n) is 9.93. The molecule has 3 N–H and O–H groups in total. The first-order valence-electron chi connectivity index (χ1n) is 13.4. The van der Waals surface area contributed by atoms with Crippen LogP contribution in [0.5, 0.6) is 0 Å². The maximum atomic E-state index is 6.07. The van der Waals surface area contributed by atoms with Crippen molar-refractivity contribution in [3.63, 3.8) is 0 Å². The number of hydrogen-bond acceptors (Lipinski definition) is 9. The standard InChI is InChI=1S/C27H37N9OS/c1-33(16-17-36(26(28)38)22-8-6-21(7-9-22)23-19-29-20-37-23)15-10-30-24-18-25(34-11-2-3-12-34)32-27(31-24)35-13-4-5-14-35/h6-9,18-20H,2-5,10-17H2,1H3,(H2,28,38)(H,30,31,32). The molecular formula is C27H37N9OS. The third-order valence-corrected chi connectivity index (χ3v) is 7.41. The van der Waals surface area contributed by atoms with E-state index in [9.17, 15) is 0 Å². The van der Waals surface area contributed by atoms with Crippen molar-refractivity contribution in [2.75, 3.05) is 79.4 Å². The first-order valence-corrected chi connectivity index (χ1v) is 13.8. The number of likely N-dealkylation sites (N-methyl/N-ethyl adjacent to an activating group) is 1. The van der Waals surface area contributed by atoms with Crippen LogP contribution in [0, 0.1) is 0 Å². The van der Waals surface area contributed by atoms with Crippen LogP contribution < -0.4 is 25.8 Å². The quantitative estimate of drug-likeness (QED) is 0.353. The fourth-order valence-corrected chi connectivity index (χ4v) is 5.16. The summed E-state index contributed by atoms with van der Waals surface area (Å²) in [6, 6.07) is 10.1. The van der Waals surface area contributed by atoms with Crippen molar-refractivity contribution >= 4 is 40.6 Å². The first-order chi connectivity index (χ1) is 18.6. The Balaban J connectivity index is 1.15. The Bertz CT molecular complexity index is 1140. The number of hydrogen-bond donors (Lipinski definition) is 2. The van der Waals surface area contributed by atoms with Gasteiger partial charge in [0.05, 0.1) is 6.20 Å². The van der Waals surface area contributed by atoms with Crippen molar-refractivity contribution in [1.29, 1.82) is 0 Å². The van der Waals surface area contributed by atoms with Gasteiger partial charge in [0.2, 0.25) is 5.95 Å². The van der Waals surface area contributed by atoms with Gasteiger partial charge in [0.1, 0.15) is 11.6 Å². The lowest BCUT2D eigenvalue weighted by Crippen LogP contribution is -2.41. The molecule has 0 radical (unpaired) electrons. The van der Waals surface area contributed by atoms with Crippen LogP contribution in [0.3, 0.4) is 0 Å². The highest BCUT2D eigenvalue weighted by Gasteiger charge is 2.20. The van der Waals surface area contributed by atoms with Crippen LogP contribution in [-0.2, 0) is 0 Å². The van der Waals surface area contributed by atoms with Gasteiger partial charge in [0, 0.05) is 69.7 Å². The highest BCUT2D eigenvalue weighted by atomic mass is 32.1. The molecule has 0 spiro atoms. The SMILES string of the molecule is CN(CCNc1cc(N2CCCC2)nc(N2CCCC2)n1)CCN(C(N)=S)c1ccc(-c2cnco2)cc1. The van der Waals surface area contributed by atoms with E-state index < -0.39 is 0 Å². The van der Waals surface area contributed by atoms with E-state index in [1.165, 1.54) is 32.1 Å². The smallest absolute Gasteiger partial charge is 0.229 e. The number of oxazole rings is 1. The fraction of sp³-hybridized carbons (Fsp3) is 0.481. The van der Waals surface area contributed by atoms with Crippen molar-refractivity contribution in [3.05, 3.63) is 42.9 Å². The number of benzene rings is 1. The van der Waals surface area contributed by atoms with Gasteiger partial charge in [-0.2, -0.15) is 9.97 Å². The van der Waals surface area contributed by atoms with E-state index in [0.717, 1.165) is 80.4 Å². The van der Waals surface area contributed by atoms with Crippen molar-refractivity contribution in [1.82, 2.24) is 19.9 Å². The molecule has 2 aromatic heterocycles. The second-order valence-corrected chi connectivity index (χ2v) is 10.4. The van der Waals surface area contributed by atoms with Crippen LogP contribution >= 0.6 is 12.2 Å². The molecule has 11 heteroatoms. The Morgan fingerprint density at radius 2 is 1.71 bits per heavy atom. The zero-order valence-corrected chi connectivity index (χ0v) is 22.9. The molecule has 0 amide bonds. The van der Waals surface area contributed by atoms with E-state index in [1.54, 1.807) is 6.20 Å². The first kappa shape index (κ1) is 26.2. The molecule has 0 saturated carbocycles. The van der Waals surface area contributed by atoms with Crippen LogP contribution in [-0.4, -0.2) is 84.4 Å². The summed E-state index contributed by atoms with van der Waals surface area (Å²) < 4.78 is 5.38. The summed E-state index contributed by atoms with van der Waals surface area (Å²) in [6.45, 7) is 7.36. The molecule has 2 saturated heterocycles. The maximum Gasteiger partial charge on any atom is 0.229 e. The number of thiocarbonyl (C=S) groups is 1. The van der Waals surface area contributed by atoms with E-state index in [4.69, 9.17) is 32.3 Å². The number of rotatable bonds is 11. The number of nitrogens with one attached hydrogen (secondary N) is 1. The lowest BCUT2D eigenvalue weighted by molar-refractivity contribution is 0.357. The normalized spacial score (nSPS) is 15.4. The fourth-order valence-electron chi connectivity index (χ4n) is 4.97. The van der Waals surface area contributed by atoms with E-state index in [2.05, 4.69) is 38.1 Å². The molecule has 202 valence electrons. The van der Waals surface area contributed by atoms with Crippen LogP contribution in [0.15, 0.2) is 47.3 Å². The molecule has 2 aliphatic rings. The predicted octanol–water partition coefficient (Wildman–Crippen LogP) is 3.43. The van der Waals surface area contributed by atoms with Crippen molar-refractivity contribution in [3.8, 4) is 11.3 Å². The molecule has 5 rings (SSSR count). The molecule has 2 fully saturated rings. The van der Waals surface area contributed by atoms with Gasteiger partial charge in [-0.3, -0.25) is 0 Å². The highest BCUT2D eigenvalue weighted by molar-refractivity contribution is 7.80. The summed E-state index contributed by atoms with van der Waals surface area (Å²) in [5.74, 6) is 3.52. The average molecular weight is 536 g/mol. The summed E-state index contributed by atoms with van der Waals surface area (Å²) in [7, 11) is 2.11. The van der Waals surface area contributed by atoms with Crippen molar-refractivity contribution in [2.24, 2.45) is 5.73 Å². The summed E-state index contributed by atoms with van der Waals surface area (Å²) in [4.78, 5) is 22.6. The molecule has 2 aliphatic heterocycles. The van der Waals surface area contributed by atoms with Gasteiger partial charge >= 0.3 is 0 Å². The van der Waals surface area contributed by atoms with Crippen molar-refractivity contribution in [2.45, 2.75) is 25.7 Å². The average Bonchev–Trinajstić information content (AvgIpc) is 3.72. The number of nitrogens with two attached hydrogens (primary N) is 1. The monoisotopic (exact) mass is 535 g/mol. The van der Waals surface area contributed by atoms with Crippen LogP contribution in [0.2, 0.25) is 0 Å². The summed E-state index contributed by atoms with van der Waals surface area (Å²) in [6.07, 6.45) is 8.00. The van der Waals surface area contributed by atoms with E-state index >= 15 is 0 Å². The lowest BCUT2D eigenvalue weighted by Gasteiger charge is -2.26. The van der Waals surface area contributed by atoms with Gasteiger partial charge in [-0.1, -0.05) is 0 Å². The molecule has 3 aromatic rings. The Hall–Kier alpha value is -3.44. The molecule has 1 aromatic carbocycles. The summed E-state index contributed by atoms with van der Waals surface area (Å²) >= 11 is 5.35. The summed E-state index contributed by atoms with van der Waals surface area (Å²) in [5.41, 5.74) is 7.99. The molecular weight excluding hydrogens is 498 g/mol. The topological polar surface area (TPSA) is 103 Å². The molecule has 4 heterocycles. The Morgan fingerprint density at radius 1 is 1.00 bits per heavy atom. The van der Waals surface area contributed by atoms with E-state index in [1.807, 2.05) is 29.2 Å². The zero-order valence-electron chi connectivity index (χ0n) is 22.1. The highest BCUT2D eigenvalue weighted by Crippen LogP contribution is 2.26. The summed E-state index contributed by atoms with van der Waals surface area (Å²) in [5, 5.41) is 3.90. The Labute approximate surface area is 229 Å². The molecule has 0 atom stereocenters. The zero-order chi connectivity index (χ0) is 26.3. The largest absolute Gasteiger partial charge is 0.444 e. The van der Waals surface area contributed by atoms with Crippen LogP contribution in [0.25, 0.3) is 11.3 Å². The van der Waals surface area contributed by atoms with Gasteiger partial charge < -0.3 is 35.1 Å². The van der Waals surface area contributed by atoms with Gasteiger partial charge in [0.15, 0.2) is 17.3 Å². The maximum absolute atomic E-state index is 6.07. The Morgan fingerprint density at radius 3 is 2.37 bits per heavy atom. The van der Waals surface area contributed by atoms with Crippen LogP contribution in [0.4, 0.5) is 23.3 Å². The number of anilines is 4. The second kappa shape index (κ2) is 12.4. The minimum atomic E-state index is 0.355. The van der Waals surface area contributed by atoms with Crippen molar-refractivity contribution < 1.29 is 4.42 Å². The molecule has 0 bridgehead atoms. The van der Waals surface area contributed by atoms with Crippen LogP contribution in [0.1, 0.15) is 25.7 Å². The van der Waals surface area contributed by atoms with E-state index in [0.29, 0.717) is 11.7 Å². The third-order valence-electron chi connectivity index (χ3n) is 7.19.